The maximum Gasteiger partial charge on any atom is 0.261 e. The van der Waals surface area contributed by atoms with Gasteiger partial charge in [0.05, 0.1) is 10.4 Å². The summed E-state index contributed by atoms with van der Waals surface area (Å²) in [4.78, 5) is 19.0. The van der Waals surface area contributed by atoms with Gasteiger partial charge in [-0.1, -0.05) is 42.5 Å². The number of carbonyl (C=O) groups is 1. The molecule has 2 aromatic carbocycles. The van der Waals surface area contributed by atoms with Gasteiger partial charge in [0.1, 0.15) is 4.83 Å². The Bertz CT molecular complexity index is 1100. The number of rotatable bonds is 5. The Balaban J connectivity index is 1.47. The Kier molecular flexibility index (Phi) is 4.90. The monoisotopic (exact) mass is 374 g/mol. The predicted octanol–water partition coefficient (Wildman–Crippen LogP) is 5.51. The quantitative estimate of drug-likeness (QED) is 0.500. The van der Waals surface area contributed by atoms with Crippen molar-refractivity contribution in [2.75, 3.05) is 0 Å². The molecular formula is C23H22N2OS. The summed E-state index contributed by atoms with van der Waals surface area (Å²) >= 11 is 1.46. The first-order valence-electron chi connectivity index (χ1n) is 9.24. The van der Waals surface area contributed by atoms with E-state index in [1.807, 2.05) is 24.3 Å². The first kappa shape index (κ1) is 17.7. The number of nitrogens with zero attached hydrogens (tertiary/aromatic N) is 1. The summed E-state index contributed by atoms with van der Waals surface area (Å²) in [6.07, 6.45) is 1.88. The number of hydrogen-bond acceptors (Lipinski definition) is 3. The van der Waals surface area contributed by atoms with Gasteiger partial charge >= 0.3 is 0 Å². The number of benzene rings is 2. The SMILES string of the molecule is Cc1ccc2cc3cc(C(=O)N[C@@H](C)CCc4ccccc4)sc3nc2c1. The summed E-state index contributed by atoms with van der Waals surface area (Å²) < 4.78 is 0. The normalized spacial score (nSPS) is 12.4. The third kappa shape index (κ3) is 4.01. The topological polar surface area (TPSA) is 42.0 Å². The average molecular weight is 375 g/mol. The molecule has 0 radical (unpaired) electrons. The van der Waals surface area contributed by atoms with Gasteiger partial charge in [0.15, 0.2) is 0 Å². The van der Waals surface area contributed by atoms with E-state index in [2.05, 4.69) is 55.6 Å². The highest BCUT2D eigenvalue weighted by Gasteiger charge is 2.14. The second-order valence-corrected chi connectivity index (χ2v) is 8.12. The van der Waals surface area contributed by atoms with Crippen molar-refractivity contribution in [1.82, 2.24) is 10.3 Å². The second-order valence-electron chi connectivity index (χ2n) is 7.09. The molecule has 4 aromatic rings. The van der Waals surface area contributed by atoms with E-state index in [-0.39, 0.29) is 11.9 Å². The molecule has 0 aliphatic heterocycles. The molecule has 3 nitrogen and oxygen atoms in total. The van der Waals surface area contributed by atoms with Crippen LogP contribution in [0.3, 0.4) is 0 Å². The second kappa shape index (κ2) is 7.49. The standard InChI is InChI=1S/C23H22N2OS/c1-15-8-11-18-13-19-14-21(27-23(19)25-20(18)12-15)22(26)24-16(2)9-10-17-6-4-3-5-7-17/h3-8,11-14,16H,9-10H2,1-2H3,(H,24,26)/t16-/m0/s1. The fourth-order valence-electron chi connectivity index (χ4n) is 3.24. The van der Waals surface area contributed by atoms with Crippen molar-refractivity contribution in [3.05, 3.63) is 76.7 Å². The molecule has 0 fully saturated rings. The van der Waals surface area contributed by atoms with Gasteiger partial charge < -0.3 is 5.32 Å². The molecule has 0 aliphatic rings. The molecule has 1 atom stereocenters. The van der Waals surface area contributed by atoms with Gasteiger partial charge in [-0.25, -0.2) is 4.98 Å². The van der Waals surface area contributed by atoms with Crippen molar-refractivity contribution in [2.24, 2.45) is 0 Å². The van der Waals surface area contributed by atoms with Gasteiger partial charge in [-0.05, 0) is 56.0 Å². The first-order valence-corrected chi connectivity index (χ1v) is 10.1. The number of amides is 1. The molecule has 0 saturated carbocycles. The van der Waals surface area contributed by atoms with Crippen LogP contribution in [0.2, 0.25) is 0 Å². The molecule has 0 aliphatic carbocycles. The zero-order chi connectivity index (χ0) is 18.8. The summed E-state index contributed by atoms with van der Waals surface area (Å²) in [5.41, 5.74) is 3.47. The van der Waals surface area contributed by atoms with Gasteiger partial charge in [0.2, 0.25) is 0 Å². The van der Waals surface area contributed by atoms with Crippen LogP contribution in [-0.4, -0.2) is 16.9 Å². The number of fused-ring (bicyclic) bond motifs is 2. The van der Waals surface area contributed by atoms with Crippen LogP contribution in [-0.2, 0) is 6.42 Å². The average Bonchev–Trinajstić information content (AvgIpc) is 3.08. The zero-order valence-electron chi connectivity index (χ0n) is 15.5. The molecule has 1 N–H and O–H groups in total. The molecule has 1 amide bonds. The zero-order valence-corrected chi connectivity index (χ0v) is 16.3. The van der Waals surface area contributed by atoms with Gasteiger partial charge in [0.25, 0.3) is 5.91 Å². The maximum atomic E-state index is 12.7. The Hall–Kier alpha value is -2.72. The van der Waals surface area contributed by atoms with Gasteiger partial charge in [-0.2, -0.15) is 0 Å². The lowest BCUT2D eigenvalue weighted by atomic mass is 10.1. The van der Waals surface area contributed by atoms with E-state index in [9.17, 15) is 4.79 Å². The third-order valence-corrected chi connectivity index (χ3v) is 5.81. The van der Waals surface area contributed by atoms with Crippen LogP contribution in [0.25, 0.3) is 21.1 Å². The van der Waals surface area contributed by atoms with E-state index >= 15 is 0 Å². The first-order chi connectivity index (χ1) is 13.1. The summed E-state index contributed by atoms with van der Waals surface area (Å²) in [7, 11) is 0. The van der Waals surface area contributed by atoms with Crippen LogP contribution in [0.4, 0.5) is 0 Å². The predicted molar refractivity (Wildman–Crippen MR) is 114 cm³/mol. The lowest BCUT2D eigenvalue weighted by molar-refractivity contribution is 0.0942. The minimum absolute atomic E-state index is 0.0150. The van der Waals surface area contributed by atoms with Crippen LogP contribution in [0.1, 0.15) is 34.1 Å². The van der Waals surface area contributed by atoms with E-state index in [4.69, 9.17) is 4.98 Å². The van der Waals surface area contributed by atoms with Crippen LogP contribution in [0.5, 0.6) is 0 Å². The number of pyridine rings is 1. The van der Waals surface area contributed by atoms with Crippen LogP contribution in [0, 0.1) is 6.92 Å². The molecule has 0 bridgehead atoms. The number of thiophene rings is 1. The highest BCUT2D eigenvalue weighted by atomic mass is 32.1. The molecule has 0 saturated heterocycles. The van der Waals surface area contributed by atoms with Crippen LogP contribution >= 0.6 is 11.3 Å². The lowest BCUT2D eigenvalue weighted by Crippen LogP contribution is -2.32. The molecule has 136 valence electrons. The molecule has 27 heavy (non-hydrogen) atoms. The summed E-state index contributed by atoms with van der Waals surface area (Å²) in [5, 5.41) is 5.25. The minimum Gasteiger partial charge on any atom is -0.349 e. The van der Waals surface area contributed by atoms with Crippen molar-refractivity contribution < 1.29 is 4.79 Å². The summed E-state index contributed by atoms with van der Waals surface area (Å²) in [6.45, 7) is 4.12. The van der Waals surface area contributed by atoms with Gasteiger partial charge in [-0.3, -0.25) is 4.79 Å². The summed E-state index contributed by atoms with van der Waals surface area (Å²) in [5.74, 6) is -0.0150. The Labute approximate surface area is 163 Å². The number of carbonyl (C=O) groups excluding carboxylic acids is 1. The Morgan fingerprint density at radius 3 is 2.70 bits per heavy atom. The number of aromatic nitrogens is 1. The van der Waals surface area contributed by atoms with Crippen molar-refractivity contribution in [3.8, 4) is 0 Å². The summed E-state index contributed by atoms with van der Waals surface area (Å²) in [6, 6.07) is 20.8. The highest BCUT2D eigenvalue weighted by Crippen LogP contribution is 2.28. The largest absolute Gasteiger partial charge is 0.349 e. The number of aryl methyl sites for hydroxylation is 2. The molecule has 4 rings (SSSR count). The molecule has 0 unspecified atom stereocenters. The van der Waals surface area contributed by atoms with E-state index in [0.717, 1.165) is 38.8 Å². The lowest BCUT2D eigenvalue weighted by Gasteiger charge is -2.13. The van der Waals surface area contributed by atoms with Crippen molar-refractivity contribution in [1.29, 1.82) is 0 Å². The van der Waals surface area contributed by atoms with Crippen LogP contribution < -0.4 is 5.32 Å². The molecule has 4 heteroatoms. The smallest absolute Gasteiger partial charge is 0.261 e. The van der Waals surface area contributed by atoms with Gasteiger partial charge in [0, 0.05) is 16.8 Å². The number of hydrogen-bond donors (Lipinski definition) is 1. The molecule has 0 spiro atoms. The fraction of sp³-hybridized carbons (Fsp3) is 0.217. The minimum atomic E-state index is -0.0150. The van der Waals surface area contributed by atoms with Crippen molar-refractivity contribution in [3.63, 3.8) is 0 Å². The van der Waals surface area contributed by atoms with E-state index in [1.165, 1.54) is 22.5 Å². The third-order valence-electron chi connectivity index (χ3n) is 4.77. The molecule has 2 aromatic heterocycles. The van der Waals surface area contributed by atoms with Gasteiger partial charge in [-0.15, -0.1) is 11.3 Å². The maximum absolute atomic E-state index is 12.7. The highest BCUT2D eigenvalue weighted by molar-refractivity contribution is 7.20. The Morgan fingerprint density at radius 1 is 1.07 bits per heavy atom. The van der Waals surface area contributed by atoms with E-state index < -0.39 is 0 Å². The molecule has 2 heterocycles. The Morgan fingerprint density at radius 2 is 1.89 bits per heavy atom. The van der Waals surface area contributed by atoms with Crippen LogP contribution in [0.15, 0.2) is 60.7 Å². The van der Waals surface area contributed by atoms with E-state index in [0.29, 0.717) is 0 Å². The molecular weight excluding hydrogens is 352 g/mol. The fourth-order valence-corrected chi connectivity index (χ4v) is 4.17. The van der Waals surface area contributed by atoms with Crippen molar-refractivity contribution in [2.45, 2.75) is 32.7 Å². The van der Waals surface area contributed by atoms with E-state index in [1.54, 1.807) is 0 Å². The van der Waals surface area contributed by atoms with Crippen molar-refractivity contribution >= 4 is 38.4 Å². The number of nitrogens with one attached hydrogen (secondary N) is 1.